The molecule has 2 aromatic rings. The normalized spacial score (nSPS) is 16.4. The summed E-state index contributed by atoms with van der Waals surface area (Å²) in [6, 6.07) is 15.1. The SMILES string of the molecule is CCCOCC(C)(OCCC)C(=O)C(CC(C)C)NC(=O)[C@H](Cc1ccccc1)NC(=O)C(CC(C)C)NC(=O)[C@H](CCc1ccccc1)NC(=O)CN1CCOCC1. The van der Waals surface area contributed by atoms with Gasteiger partial charge in [-0.15, -0.1) is 0 Å². The lowest BCUT2D eigenvalue weighted by atomic mass is 9.89. The smallest absolute Gasteiger partial charge is 0.243 e. The molecular formula is C46H71N5O8. The molecule has 4 amide bonds. The second-order valence-corrected chi connectivity index (χ2v) is 16.7. The number of Topliss-reactive ketones (excluding diaryl/α,β-unsaturated/α-hetero) is 1. The van der Waals surface area contributed by atoms with Gasteiger partial charge in [0.2, 0.25) is 23.6 Å². The predicted molar refractivity (Wildman–Crippen MR) is 230 cm³/mol. The van der Waals surface area contributed by atoms with Crippen LogP contribution in [0.5, 0.6) is 0 Å². The van der Waals surface area contributed by atoms with Crippen LogP contribution in [0.1, 0.15) is 91.7 Å². The minimum atomic E-state index is -1.29. The van der Waals surface area contributed by atoms with Crippen LogP contribution in [0.25, 0.3) is 0 Å². The molecular weight excluding hydrogens is 751 g/mol. The van der Waals surface area contributed by atoms with Crippen LogP contribution in [-0.2, 0) is 51.0 Å². The maximum Gasteiger partial charge on any atom is 0.243 e. The van der Waals surface area contributed by atoms with Gasteiger partial charge in [0.05, 0.1) is 32.4 Å². The summed E-state index contributed by atoms with van der Waals surface area (Å²) in [6.07, 6.45) is 3.10. The van der Waals surface area contributed by atoms with Crippen molar-refractivity contribution in [2.45, 2.75) is 123 Å². The first kappa shape index (κ1) is 49.2. The molecule has 13 nitrogen and oxygen atoms in total. The minimum Gasteiger partial charge on any atom is -0.379 e. The summed E-state index contributed by atoms with van der Waals surface area (Å²) in [6.45, 7) is 16.8. The van der Waals surface area contributed by atoms with E-state index in [4.69, 9.17) is 14.2 Å². The number of benzene rings is 2. The zero-order valence-corrected chi connectivity index (χ0v) is 36.6. The molecule has 0 saturated carbocycles. The Morgan fingerprint density at radius 1 is 0.695 bits per heavy atom. The molecule has 0 aliphatic carbocycles. The van der Waals surface area contributed by atoms with Crippen molar-refractivity contribution in [3.05, 3.63) is 71.8 Å². The maximum atomic E-state index is 14.4. The van der Waals surface area contributed by atoms with Crippen molar-refractivity contribution >= 4 is 29.4 Å². The van der Waals surface area contributed by atoms with Gasteiger partial charge in [0, 0.05) is 32.7 Å². The van der Waals surface area contributed by atoms with Crippen molar-refractivity contribution in [2.24, 2.45) is 11.8 Å². The molecule has 1 aliphatic rings. The van der Waals surface area contributed by atoms with E-state index >= 15 is 0 Å². The number of rotatable bonds is 27. The minimum absolute atomic E-state index is 0.00472. The van der Waals surface area contributed by atoms with Gasteiger partial charge in [-0.05, 0) is 68.4 Å². The Hall–Kier alpha value is -4.17. The highest BCUT2D eigenvalue weighted by atomic mass is 16.5. The quantitative estimate of drug-likeness (QED) is 0.0957. The second kappa shape index (κ2) is 26.1. The van der Waals surface area contributed by atoms with E-state index in [0.717, 1.165) is 17.5 Å². The van der Waals surface area contributed by atoms with Gasteiger partial charge >= 0.3 is 0 Å². The van der Waals surface area contributed by atoms with E-state index in [1.165, 1.54) is 0 Å². The number of nitrogens with one attached hydrogen (secondary N) is 4. The van der Waals surface area contributed by atoms with E-state index in [-0.39, 0.29) is 49.5 Å². The van der Waals surface area contributed by atoms with Crippen LogP contribution in [-0.4, -0.2) is 117 Å². The first-order chi connectivity index (χ1) is 28.2. The Balaban J connectivity index is 1.87. The van der Waals surface area contributed by atoms with Crippen LogP contribution in [0.4, 0.5) is 0 Å². The van der Waals surface area contributed by atoms with E-state index in [1.54, 1.807) is 6.92 Å². The van der Waals surface area contributed by atoms with Gasteiger partial charge < -0.3 is 35.5 Å². The molecule has 3 unspecified atom stereocenters. The number of carbonyl (C=O) groups excluding carboxylic acids is 5. The number of ether oxygens (including phenoxy) is 3. The van der Waals surface area contributed by atoms with Crippen LogP contribution in [0, 0.1) is 11.8 Å². The molecule has 3 rings (SSSR count). The monoisotopic (exact) mass is 822 g/mol. The molecule has 1 fully saturated rings. The van der Waals surface area contributed by atoms with Crippen LogP contribution < -0.4 is 21.3 Å². The Kier molecular flexibility index (Phi) is 21.8. The second-order valence-electron chi connectivity index (χ2n) is 16.7. The zero-order chi connectivity index (χ0) is 43.2. The van der Waals surface area contributed by atoms with Crippen molar-refractivity contribution in [1.82, 2.24) is 26.2 Å². The fourth-order valence-electron chi connectivity index (χ4n) is 7.00. The highest BCUT2D eigenvalue weighted by Gasteiger charge is 2.41. The first-order valence-corrected chi connectivity index (χ1v) is 21.6. The summed E-state index contributed by atoms with van der Waals surface area (Å²) in [5.41, 5.74) is 0.522. The molecule has 0 radical (unpaired) electrons. The van der Waals surface area contributed by atoms with Gasteiger partial charge in [-0.3, -0.25) is 28.9 Å². The number of amides is 4. The summed E-state index contributed by atoms with van der Waals surface area (Å²) < 4.78 is 17.4. The number of nitrogens with zero attached hydrogens (tertiary/aromatic N) is 1. The molecule has 1 heterocycles. The lowest BCUT2D eigenvalue weighted by Gasteiger charge is -2.33. The fourth-order valence-corrected chi connectivity index (χ4v) is 7.00. The molecule has 4 N–H and O–H groups in total. The lowest BCUT2D eigenvalue weighted by Crippen LogP contribution is -2.60. The Bertz CT molecular complexity index is 1570. The fraction of sp³-hybridized carbons (Fsp3) is 0.630. The van der Waals surface area contributed by atoms with Crippen LogP contribution in [0.2, 0.25) is 0 Å². The van der Waals surface area contributed by atoms with E-state index in [9.17, 15) is 24.0 Å². The van der Waals surface area contributed by atoms with Gasteiger partial charge in [-0.1, -0.05) is 102 Å². The maximum absolute atomic E-state index is 14.4. The number of hydrogen-bond acceptors (Lipinski definition) is 9. The number of ketones is 1. The Morgan fingerprint density at radius 3 is 1.81 bits per heavy atom. The molecule has 0 bridgehead atoms. The van der Waals surface area contributed by atoms with Gasteiger partial charge in [-0.2, -0.15) is 0 Å². The van der Waals surface area contributed by atoms with Crippen molar-refractivity contribution < 1.29 is 38.2 Å². The molecule has 13 heteroatoms. The number of morpholine rings is 1. The predicted octanol–water partition coefficient (Wildman–Crippen LogP) is 4.41. The largest absolute Gasteiger partial charge is 0.379 e. The average molecular weight is 822 g/mol. The number of aryl methyl sites for hydroxylation is 1. The molecule has 5 atom stereocenters. The van der Waals surface area contributed by atoms with E-state index in [1.807, 2.05) is 107 Å². The van der Waals surface area contributed by atoms with Crippen LogP contribution in [0.15, 0.2) is 60.7 Å². The summed E-state index contributed by atoms with van der Waals surface area (Å²) >= 11 is 0. The molecule has 1 aliphatic heterocycles. The van der Waals surface area contributed by atoms with Crippen LogP contribution in [0.3, 0.4) is 0 Å². The zero-order valence-electron chi connectivity index (χ0n) is 36.6. The van der Waals surface area contributed by atoms with Gasteiger partial charge in [0.15, 0.2) is 5.78 Å². The third-order valence-corrected chi connectivity index (χ3v) is 10.2. The third kappa shape index (κ3) is 17.9. The topological polar surface area (TPSA) is 164 Å². The van der Waals surface area contributed by atoms with Crippen molar-refractivity contribution in [1.29, 1.82) is 0 Å². The summed E-state index contributed by atoms with van der Waals surface area (Å²) in [5.74, 6) is -2.10. The number of hydrogen-bond donors (Lipinski definition) is 4. The summed E-state index contributed by atoms with van der Waals surface area (Å²) in [4.78, 5) is 72.3. The first-order valence-electron chi connectivity index (χ1n) is 21.6. The highest BCUT2D eigenvalue weighted by Crippen LogP contribution is 2.20. The van der Waals surface area contributed by atoms with E-state index in [0.29, 0.717) is 65.2 Å². The summed E-state index contributed by atoms with van der Waals surface area (Å²) in [5, 5.41) is 11.8. The van der Waals surface area contributed by atoms with E-state index in [2.05, 4.69) is 21.3 Å². The third-order valence-electron chi connectivity index (χ3n) is 10.2. The molecule has 0 spiro atoms. The number of carbonyl (C=O) groups is 5. The highest BCUT2D eigenvalue weighted by molar-refractivity contribution is 5.98. The van der Waals surface area contributed by atoms with Crippen molar-refractivity contribution in [3.63, 3.8) is 0 Å². The van der Waals surface area contributed by atoms with Gasteiger partial charge in [0.1, 0.15) is 23.7 Å². The average Bonchev–Trinajstić information content (AvgIpc) is 3.21. The molecule has 328 valence electrons. The van der Waals surface area contributed by atoms with Crippen LogP contribution >= 0.6 is 0 Å². The van der Waals surface area contributed by atoms with Crippen molar-refractivity contribution in [2.75, 3.05) is 52.7 Å². The van der Waals surface area contributed by atoms with E-state index < -0.39 is 47.5 Å². The Labute approximate surface area is 352 Å². The molecule has 0 aromatic heterocycles. The summed E-state index contributed by atoms with van der Waals surface area (Å²) in [7, 11) is 0. The standard InChI is InChI=1S/C46H71N5O8/c1-8-24-58-32-46(7,59-25-9-2)42(53)38(28-33(3)4)48-45(56)40(30-36-18-14-11-15-19-36)50-44(55)39(29-34(5)6)49-43(54)37(21-20-35-16-12-10-13-17-35)47-41(52)31-51-22-26-57-27-23-51/h10-19,33-34,37-40H,8-9,20-32H2,1-7H3,(H,47,52)(H,48,56)(H,49,54)(H,50,55)/t37-,38?,39?,40-,46?/m0/s1. The molecule has 1 saturated heterocycles. The molecule has 59 heavy (non-hydrogen) atoms. The van der Waals surface area contributed by atoms with Gasteiger partial charge in [0.25, 0.3) is 0 Å². The van der Waals surface area contributed by atoms with Gasteiger partial charge in [-0.25, -0.2) is 0 Å². The van der Waals surface area contributed by atoms with Crippen molar-refractivity contribution in [3.8, 4) is 0 Å². The lowest BCUT2D eigenvalue weighted by molar-refractivity contribution is -0.155. The Morgan fingerprint density at radius 2 is 1.22 bits per heavy atom. The molecule has 2 aromatic carbocycles.